The van der Waals surface area contributed by atoms with Crippen LogP contribution in [0.15, 0.2) is 22.8 Å². The van der Waals surface area contributed by atoms with Crippen LogP contribution < -0.4 is 10.6 Å². The van der Waals surface area contributed by atoms with E-state index in [1.807, 2.05) is 6.26 Å². The van der Waals surface area contributed by atoms with Crippen molar-refractivity contribution in [2.45, 2.75) is 18.9 Å². The van der Waals surface area contributed by atoms with E-state index >= 15 is 0 Å². The van der Waals surface area contributed by atoms with Crippen molar-refractivity contribution in [1.82, 2.24) is 10.6 Å². The summed E-state index contributed by atoms with van der Waals surface area (Å²) in [5.41, 5.74) is -1.58. The van der Waals surface area contributed by atoms with Crippen LogP contribution in [0.5, 0.6) is 0 Å². The molecule has 0 bridgehead atoms. The van der Waals surface area contributed by atoms with E-state index in [1.165, 1.54) is 19.3 Å². The highest BCUT2D eigenvalue weighted by Crippen LogP contribution is 2.21. The Bertz CT molecular complexity index is 421. The van der Waals surface area contributed by atoms with Gasteiger partial charge in [-0.3, -0.25) is 0 Å². The molecule has 1 atom stereocenters. The molecule has 1 aromatic rings. The molecule has 1 aromatic heterocycles. The van der Waals surface area contributed by atoms with Gasteiger partial charge in [-0.05, 0) is 37.5 Å². The molecule has 0 fully saturated rings. The summed E-state index contributed by atoms with van der Waals surface area (Å²) in [5, 5.41) is 14.3. The first-order chi connectivity index (χ1) is 9.00. The first kappa shape index (κ1) is 15.4. The lowest BCUT2D eigenvalue weighted by Gasteiger charge is -2.24. The van der Waals surface area contributed by atoms with Crippen molar-refractivity contribution in [2.75, 3.05) is 18.6 Å². The van der Waals surface area contributed by atoms with Crippen LogP contribution in [-0.2, 0) is 10.3 Å². The molecular formula is C12H18N2O4S. The smallest absolute Gasteiger partial charge is 0.337 e. The number of thioether (sulfide) groups is 1. The largest absolute Gasteiger partial charge is 0.479 e. The number of carbonyl (C=O) groups excluding carboxylic acids is 1. The number of amides is 2. The molecule has 7 heteroatoms. The number of hydrogen-bond acceptors (Lipinski definition) is 4. The molecule has 0 aliphatic rings. The Balaban J connectivity index is 2.60. The van der Waals surface area contributed by atoms with Gasteiger partial charge in [0.1, 0.15) is 5.76 Å². The molecule has 106 valence electrons. The van der Waals surface area contributed by atoms with E-state index in [0.29, 0.717) is 6.54 Å². The SMILES string of the molecule is CSCCCNC(=O)NC(C)(C(=O)O)c1ccco1. The van der Waals surface area contributed by atoms with Gasteiger partial charge < -0.3 is 20.2 Å². The van der Waals surface area contributed by atoms with Gasteiger partial charge in [-0.1, -0.05) is 0 Å². The van der Waals surface area contributed by atoms with E-state index in [1.54, 1.807) is 17.8 Å². The Morgan fingerprint density at radius 2 is 2.26 bits per heavy atom. The fourth-order valence-electron chi connectivity index (χ4n) is 1.47. The molecule has 1 heterocycles. The van der Waals surface area contributed by atoms with Crippen LogP contribution in [0.3, 0.4) is 0 Å². The van der Waals surface area contributed by atoms with E-state index in [4.69, 9.17) is 4.42 Å². The molecule has 1 rings (SSSR count). The van der Waals surface area contributed by atoms with Crippen LogP contribution in [0.4, 0.5) is 4.79 Å². The zero-order chi connectivity index (χ0) is 14.3. The number of carbonyl (C=O) groups is 2. The average molecular weight is 286 g/mol. The monoisotopic (exact) mass is 286 g/mol. The van der Waals surface area contributed by atoms with Gasteiger partial charge in [0.15, 0.2) is 5.54 Å². The summed E-state index contributed by atoms with van der Waals surface area (Å²) in [4.78, 5) is 23.0. The molecule has 0 spiro atoms. The molecule has 6 nitrogen and oxygen atoms in total. The fourth-order valence-corrected chi connectivity index (χ4v) is 1.91. The van der Waals surface area contributed by atoms with E-state index in [2.05, 4.69) is 10.6 Å². The lowest BCUT2D eigenvalue weighted by molar-refractivity contribution is -0.144. The second-order valence-electron chi connectivity index (χ2n) is 4.13. The summed E-state index contributed by atoms with van der Waals surface area (Å²) >= 11 is 1.69. The normalized spacial score (nSPS) is 13.6. The lowest BCUT2D eigenvalue weighted by Crippen LogP contribution is -2.52. The Labute approximate surface area is 115 Å². The van der Waals surface area contributed by atoms with Gasteiger partial charge in [0, 0.05) is 6.54 Å². The Kier molecular flexibility index (Phi) is 5.75. The third-order valence-electron chi connectivity index (χ3n) is 2.62. The van der Waals surface area contributed by atoms with Crippen molar-refractivity contribution in [3.05, 3.63) is 24.2 Å². The van der Waals surface area contributed by atoms with Crippen LogP contribution in [0.1, 0.15) is 19.1 Å². The van der Waals surface area contributed by atoms with Crippen LogP contribution in [0.25, 0.3) is 0 Å². The topological polar surface area (TPSA) is 91.6 Å². The molecule has 0 saturated carbocycles. The Morgan fingerprint density at radius 1 is 1.53 bits per heavy atom. The number of urea groups is 1. The Hall–Kier alpha value is -1.63. The van der Waals surface area contributed by atoms with Crippen molar-refractivity contribution in [3.8, 4) is 0 Å². The summed E-state index contributed by atoms with van der Waals surface area (Å²) in [6.07, 6.45) is 4.19. The molecular weight excluding hydrogens is 268 g/mol. The van der Waals surface area contributed by atoms with E-state index in [9.17, 15) is 14.7 Å². The highest BCUT2D eigenvalue weighted by molar-refractivity contribution is 7.98. The fraction of sp³-hybridized carbons (Fsp3) is 0.500. The van der Waals surface area contributed by atoms with Crippen molar-refractivity contribution in [2.24, 2.45) is 0 Å². The molecule has 0 radical (unpaired) electrons. The number of furan rings is 1. The predicted molar refractivity (Wildman–Crippen MR) is 73.2 cm³/mol. The maximum atomic E-state index is 11.7. The number of nitrogens with one attached hydrogen (secondary N) is 2. The maximum absolute atomic E-state index is 11.7. The molecule has 19 heavy (non-hydrogen) atoms. The molecule has 3 N–H and O–H groups in total. The Morgan fingerprint density at radius 3 is 2.79 bits per heavy atom. The molecule has 0 aliphatic heterocycles. The van der Waals surface area contributed by atoms with Gasteiger partial charge in [-0.2, -0.15) is 11.8 Å². The van der Waals surface area contributed by atoms with Crippen LogP contribution in [0, 0.1) is 0 Å². The minimum Gasteiger partial charge on any atom is -0.479 e. The van der Waals surface area contributed by atoms with Crippen LogP contribution in [-0.4, -0.2) is 35.7 Å². The maximum Gasteiger partial charge on any atom is 0.337 e. The summed E-state index contributed by atoms with van der Waals surface area (Å²) in [6, 6.07) is 2.57. The molecule has 0 aliphatic carbocycles. The van der Waals surface area contributed by atoms with Crippen molar-refractivity contribution < 1.29 is 19.1 Å². The second-order valence-corrected chi connectivity index (χ2v) is 5.12. The number of rotatable bonds is 7. The van der Waals surface area contributed by atoms with Crippen LogP contribution in [0.2, 0.25) is 0 Å². The van der Waals surface area contributed by atoms with Gasteiger partial charge in [0.2, 0.25) is 0 Å². The van der Waals surface area contributed by atoms with Crippen molar-refractivity contribution in [3.63, 3.8) is 0 Å². The molecule has 0 aromatic carbocycles. The van der Waals surface area contributed by atoms with Gasteiger partial charge >= 0.3 is 12.0 Å². The van der Waals surface area contributed by atoms with E-state index in [0.717, 1.165) is 12.2 Å². The van der Waals surface area contributed by atoms with E-state index in [-0.39, 0.29) is 5.76 Å². The van der Waals surface area contributed by atoms with Gasteiger partial charge in [-0.25, -0.2) is 9.59 Å². The quantitative estimate of drug-likeness (QED) is 0.663. The van der Waals surface area contributed by atoms with E-state index < -0.39 is 17.5 Å². The minimum absolute atomic E-state index is 0.180. The third-order valence-corrected chi connectivity index (χ3v) is 3.31. The van der Waals surface area contributed by atoms with Gasteiger partial charge in [-0.15, -0.1) is 0 Å². The third kappa shape index (κ3) is 4.20. The first-order valence-corrected chi connectivity index (χ1v) is 7.22. The molecule has 1 unspecified atom stereocenters. The van der Waals surface area contributed by atoms with Crippen LogP contribution >= 0.6 is 11.8 Å². The lowest BCUT2D eigenvalue weighted by atomic mass is 9.99. The van der Waals surface area contributed by atoms with Crippen molar-refractivity contribution >= 4 is 23.8 Å². The summed E-state index contributed by atoms with van der Waals surface area (Å²) in [7, 11) is 0. The number of aliphatic carboxylic acids is 1. The zero-order valence-corrected chi connectivity index (χ0v) is 11.8. The summed E-state index contributed by atoms with van der Waals surface area (Å²) < 4.78 is 5.08. The number of hydrogen-bond donors (Lipinski definition) is 3. The zero-order valence-electron chi connectivity index (χ0n) is 10.9. The minimum atomic E-state index is -1.58. The van der Waals surface area contributed by atoms with Gasteiger partial charge in [0.25, 0.3) is 0 Å². The second kappa shape index (κ2) is 7.08. The predicted octanol–water partition coefficient (Wildman–Crippen LogP) is 1.63. The summed E-state index contributed by atoms with van der Waals surface area (Å²) in [5.74, 6) is -0.0599. The van der Waals surface area contributed by atoms with Gasteiger partial charge in [0.05, 0.1) is 6.26 Å². The standard InChI is InChI=1S/C12H18N2O4S/c1-12(10(15)16,9-5-3-7-18-9)14-11(17)13-6-4-8-19-2/h3,5,7H,4,6,8H2,1-2H3,(H,15,16)(H2,13,14,17). The average Bonchev–Trinajstić information content (AvgIpc) is 2.88. The highest BCUT2D eigenvalue weighted by Gasteiger charge is 2.39. The molecule has 2 amide bonds. The highest BCUT2D eigenvalue weighted by atomic mass is 32.2. The molecule has 0 saturated heterocycles. The summed E-state index contributed by atoms with van der Waals surface area (Å²) in [6.45, 7) is 1.89. The number of carboxylic acids is 1. The van der Waals surface area contributed by atoms with Crippen molar-refractivity contribution in [1.29, 1.82) is 0 Å². The number of carboxylic acid groups (broad SMARTS) is 1. The first-order valence-electron chi connectivity index (χ1n) is 5.83.